The molecule has 0 rings (SSSR count). The zero-order valence-electron chi connectivity index (χ0n) is 7.94. The second kappa shape index (κ2) is 4.26. The molecule has 0 atom stereocenters. The van der Waals surface area contributed by atoms with E-state index in [0.29, 0.717) is 0 Å². The van der Waals surface area contributed by atoms with Gasteiger partial charge in [0.05, 0.1) is 0 Å². The second-order valence-electron chi connectivity index (χ2n) is 3.05. The van der Waals surface area contributed by atoms with Crippen LogP contribution in [0.4, 0.5) is 48.3 Å². The van der Waals surface area contributed by atoms with Gasteiger partial charge < -0.3 is 0 Å². The summed E-state index contributed by atoms with van der Waals surface area (Å²) in [7, 11) is 0. The molecule has 0 fully saturated rings. The molecule has 0 aliphatic carbocycles. The quantitative estimate of drug-likeness (QED) is 0.664. The van der Waals surface area contributed by atoms with Crippen molar-refractivity contribution in [3.63, 3.8) is 0 Å². The van der Waals surface area contributed by atoms with Gasteiger partial charge in [0.1, 0.15) is 0 Å². The van der Waals surface area contributed by atoms with Gasteiger partial charge in [-0.1, -0.05) is 6.58 Å². The normalized spacial score (nSPS) is 15.1. The van der Waals surface area contributed by atoms with Crippen molar-refractivity contribution in [1.82, 2.24) is 0 Å². The molecule has 108 valence electrons. The van der Waals surface area contributed by atoms with Gasteiger partial charge in [-0.3, -0.25) is 0 Å². The maximum atomic E-state index is 12.5. The summed E-state index contributed by atoms with van der Waals surface area (Å²) in [4.78, 5) is 0. The molecule has 11 heteroatoms. The summed E-state index contributed by atoms with van der Waals surface area (Å²) in [5.74, 6) is -30.9. The summed E-state index contributed by atoms with van der Waals surface area (Å²) >= 11 is 0. The average molecular weight is 296 g/mol. The number of allylic oxidation sites excluding steroid dienone is 1. The van der Waals surface area contributed by atoms with E-state index in [1.807, 2.05) is 0 Å². The van der Waals surface area contributed by atoms with Crippen LogP contribution in [-0.2, 0) is 0 Å². The monoisotopic (exact) mass is 296 g/mol. The van der Waals surface area contributed by atoms with Gasteiger partial charge in [0.2, 0.25) is 0 Å². The van der Waals surface area contributed by atoms with Crippen LogP contribution in [0, 0.1) is 0 Å². The number of hydrogen-bond acceptors (Lipinski definition) is 0. The Morgan fingerprint density at radius 2 is 1.11 bits per heavy atom. The van der Waals surface area contributed by atoms with E-state index in [9.17, 15) is 48.3 Å². The van der Waals surface area contributed by atoms with Crippen molar-refractivity contribution in [2.75, 3.05) is 0 Å². The zero-order valence-corrected chi connectivity index (χ0v) is 7.94. The summed E-state index contributed by atoms with van der Waals surface area (Å²) < 4.78 is 134. The van der Waals surface area contributed by atoms with Crippen LogP contribution >= 0.6 is 0 Å². The molecule has 0 bridgehead atoms. The van der Waals surface area contributed by atoms with Gasteiger partial charge in [-0.2, -0.15) is 35.1 Å². The van der Waals surface area contributed by atoms with E-state index in [1.165, 1.54) is 0 Å². The molecule has 0 aromatic heterocycles. The topological polar surface area (TPSA) is 0 Å². The summed E-state index contributed by atoms with van der Waals surface area (Å²) in [6.07, 6.45) is -5.36. The lowest BCUT2D eigenvalue weighted by atomic mass is 9.98. The van der Waals surface area contributed by atoms with Crippen molar-refractivity contribution in [3.05, 3.63) is 12.4 Å². The first-order chi connectivity index (χ1) is 7.64. The van der Waals surface area contributed by atoms with Crippen molar-refractivity contribution in [2.24, 2.45) is 0 Å². The highest BCUT2D eigenvalue weighted by Gasteiger charge is 2.83. The fraction of sp³-hybridized carbons (Fsp3) is 0.714. The average Bonchev–Trinajstić information content (AvgIpc) is 2.15. The minimum atomic E-state index is -7.19. The van der Waals surface area contributed by atoms with Gasteiger partial charge in [0.15, 0.2) is 5.83 Å². The Morgan fingerprint density at radius 1 is 0.778 bits per heavy atom. The van der Waals surface area contributed by atoms with Crippen LogP contribution < -0.4 is 0 Å². The van der Waals surface area contributed by atoms with Gasteiger partial charge in [0, 0.05) is 0 Å². The molecule has 0 amide bonds. The van der Waals surface area contributed by atoms with Gasteiger partial charge in [-0.05, 0) is 0 Å². The maximum absolute atomic E-state index is 12.5. The van der Waals surface area contributed by atoms with Crippen LogP contribution in [-0.4, -0.2) is 30.1 Å². The largest absolute Gasteiger partial charge is 0.385 e. The zero-order chi connectivity index (χ0) is 15.2. The molecular weight excluding hydrogens is 293 g/mol. The molecule has 0 unspecified atom stereocenters. The predicted octanol–water partition coefficient (Wildman–Crippen LogP) is 4.28. The molecule has 0 heterocycles. The Bertz CT molecular complexity index is 328. The van der Waals surface area contributed by atoms with Crippen LogP contribution in [0.5, 0.6) is 0 Å². The Balaban J connectivity index is 5.81. The van der Waals surface area contributed by atoms with Crippen molar-refractivity contribution >= 4 is 0 Å². The van der Waals surface area contributed by atoms with Crippen LogP contribution in [0.15, 0.2) is 12.4 Å². The van der Waals surface area contributed by atoms with E-state index < -0.39 is 35.9 Å². The number of hydrogen-bond donors (Lipinski definition) is 0. The van der Waals surface area contributed by atoms with E-state index in [-0.39, 0.29) is 0 Å². The Kier molecular flexibility index (Phi) is 4.02. The minimum absolute atomic E-state index is 1.57. The van der Waals surface area contributed by atoms with Gasteiger partial charge >= 0.3 is 30.1 Å². The molecule has 18 heavy (non-hydrogen) atoms. The minimum Gasteiger partial charge on any atom is -0.206 e. The summed E-state index contributed by atoms with van der Waals surface area (Å²) in [6.45, 7) is 1.57. The van der Waals surface area contributed by atoms with E-state index in [2.05, 4.69) is 0 Å². The molecule has 0 aromatic rings. The standard InChI is InChI=1S/C7H3F11/c1-2(8)4(11,12)6(15,16)7(17,18)5(13,14)3(9)10/h3H,1H2. The first kappa shape index (κ1) is 17.0. The maximum Gasteiger partial charge on any atom is 0.385 e. The highest BCUT2D eigenvalue weighted by atomic mass is 19.4. The second-order valence-corrected chi connectivity index (χ2v) is 3.05. The SMILES string of the molecule is C=C(F)C(F)(F)C(F)(F)C(F)(F)C(F)(F)C(F)F. The first-order valence-electron chi connectivity index (χ1n) is 3.78. The highest BCUT2D eigenvalue weighted by molar-refractivity contribution is 5.14. The van der Waals surface area contributed by atoms with Crippen LogP contribution in [0.1, 0.15) is 0 Å². The molecule has 0 radical (unpaired) electrons. The summed E-state index contributed by atoms with van der Waals surface area (Å²) in [6, 6.07) is 0. The molecule has 0 aromatic carbocycles. The smallest absolute Gasteiger partial charge is 0.206 e. The molecule has 0 saturated carbocycles. The Morgan fingerprint density at radius 3 is 1.33 bits per heavy atom. The van der Waals surface area contributed by atoms with Gasteiger partial charge in [0.25, 0.3) is 0 Å². The van der Waals surface area contributed by atoms with Crippen molar-refractivity contribution in [3.8, 4) is 0 Å². The van der Waals surface area contributed by atoms with Crippen molar-refractivity contribution in [2.45, 2.75) is 30.1 Å². The third kappa shape index (κ3) is 2.03. The molecule has 0 spiro atoms. The van der Waals surface area contributed by atoms with Crippen molar-refractivity contribution in [1.29, 1.82) is 0 Å². The molecule has 0 N–H and O–H groups in total. The Hall–Kier alpha value is -1.03. The number of halogens is 11. The fourth-order valence-corrected chi connectivity index (χ4v) is 0.714. The predicted molar refractivity (Wildman–Crippen MR) is 36.0 cm³/mol. The molecule has 0 aliphatic heterocycles. The van der Waals surface area contributed by atoms with E-state index in [1.54, 1.807) is 6.58 Å². The van der Waals surface area contributed by atoms with Gasteiger partial charge in [-0.15, -0.1) is 0 Å². The molecular formula is C7H3F11. The molecule has 0 nitrogen and oxygen atoms in total. The van der Waals surface area contributed by atoms with E-state index in [4.69, 9.17) is 0 Å². The first-order valence-corrected chi connectivity index (χ1v) is 3.78. The Labute approximate surface area is 92.1 Å². The lowest BCUT2D eigenvalue weighted by Crippen LogP contribution is -2.64. The van der Waals surface area contributed by atoms with Crippen molar-refractivity contribution < 1.29 is 48.3 Å². The summed E-state index contributed by atoms with van der Waals surface area (Å²) in [5, 5.41) is 0. The van der Waals surface area contributed by atoms with Crippen LogP contribution in [0.25, 0.3) is 0 Å². The number of alkyl halides is 10. The lowest BCUT2D eigenvalue weighted by Gasteiger charge is -2.35. The molecule has 0 aliphatic rings. The molecule has 0 saturated heterocycles. The van der Waals surface area contributed by atoms with Crippen LogP contribution in [0.2, 0.25) is 0 Å². The summed E-state index contributed by atoms with van der Waals surface area (Å²) in [5.41, 5.74) is 0. The van der Waals surface area contributed by atoms with Gasteiger partial charge in [-0.25, -0.2) is 13.2 Å². The number of rotatable bonds is 5. The third-order valence-electron chi connectivity index (χ3n) is 1.82. The highest BCUT2D eigenvalue weighted by Crippen LogP contribution is 2.55. The van der Waals surface area contributed by atoms with E-state index in [0.717, 1.165) is 0 Å². The van der Waals surface area contributed by atoms with E-state index >= 15 is 0 Å². The van der Waals surface area contributed by atoms with Crippen LogP contribution in [0.3, 0.4) is 0 Å². The third-order valence-corrected chi connectivity index (χ3v) is 1.82. The fourth-order valence-electron chi connectivity index (χ4n) is 0.714. The lowest BCUT2D eigenvalue weighted by molar-refractivity contribution is -0.378.